The lowest BCUT2D eigenvalue weighted by Crippen LogP contribution is -2.51. The fourth-order valence-electron chi connectivity index (χ4n) is 2.79. The zero-order valence-electron chi connectivity index (χ0n) is 12.6. The highest BCUT2D eigenvalue weighted by Gasteiger charge is 2.28. The lowest BCUT2D eigenvalue weighted by atomic mass is 9.80. The highest BCUT2D eigenvalue weighted by Crippen LogP contribution is 2.28. The second kappa shape index (κ2) is 7.85. The normalized spacial score (nSPS) is 26.7. The number of hydrogen-bond donors (Lipinski definition) is 4. The SMILES string of the molecule is CC1CCC(NC(=O)N[C@@H](CCC(N)=O)C(=O)O)C(C)C1. The zero-order valence-corrected chi connectivity index (χ0v) is 12.6. The Morgan fingerprint density at radius 2 is 1.95 bits per heavy atom. The lowest BCUT2D eigenvalue weighted by Gasteiger charge is -2.33. The summed E-state index contributed by atoms with van der Waals surface area (Å²) in [6.07, 6.45) is 2.92. The van der Waals surface area contributed by atoms with Crippen molar-refractivity contribution in [2.24, 2.45) is 17.6 Å². The molecular weight excluding hydrogens is 274 g/mol. The van der Waals surface area contributed by atoms with Gasteiger partial charge in [-0.2, -0.15) is 0 Å². The average Bonchev–Trinajstić information content (AvgIpc) is 2.37. The highest BCUT2D eigenvalue weighted by atomic mass is 16.4. The van der Waals surface area contributed by atoms with Gasteiger partial charge in [0.15, 0.2) is 0 Å². The summed E-state index contributed by atoms with van der Waals surface area (Å²) in [4.78, 5) is 33.7. The third kappa shape index (κ3) is 6.01. The topological polar surface area (TPSA) is 122 Å². The molecule has 1 fully saturated rings. The molecule has 3 unspecified atom stereocenters. The van der Waals surface area contributed by atoms with E-state index in [9.17, 15) is 14.4 Å². The van der Waals surface area contributed by atoms with Crippen LogP contribution in [0.1, 0.15) is 46.0 Å². The molecule has 0 heterocycles. The number of aliphatic carboxylic acids is 1. The predicted octanol–water partition coefficient (Wildman–Crippen LogP) is 0.829. The van der Waals surface area contributed by atoms with Crippen LogP contribution < -0.4 is 16.4 Å². The number of amides is 3. The number of carbonyl (C=O) groups is 3. The van der Waals surface area contributed by atoms with Gasteiger partial charge in [0.05, 0.1) is 0 Å². The van der Waals surface area contributed by atoms with Crippen LogP contribution in [-0.2, 0) is 9.59 Å². The Morgan fingerprint density at radius 3 is 2.48 bits per heavy atom. The summed E-state index contributed by atoms with van der Waals surface area (Å²) in [5.74, 6) is -0.730. The highest BCUT2D eigenvalue weighted by molar-refractivity contribution is 5.83. The first-order valence-electron chi connectivity index (χ1n) is 7.37. The summed E-state index contributed by atoms with van der Waals surface area (Å²) in [6.45, 7) is 4.28. The number of carboxylic acid groups (broad SMARTS) is 1. The van der Waals surface area contributed by atoms with E-state index >= 15 is 0 Å². The van der Waals surface area contributed by atoms with Gasteiger partial charge in [-0.15, -0.1) is 0 Å². The Labute approximate surface area is 124 Å². The summed E-state index contributed by atoms with van der Waals surface area (Å²) >= 11 is 0. The van der Waals surface area contributed by atoms with Gasteiger partial charge >= 0.3 is 12.0 Å². The van der Waals surface area contributed by atoms with Gasteiger partial charge in [0.1, 0.15) is 6.04 Å². The van der Waals surface area contributed by atoms with Gasteiger partial charge in [-0.1, -0.05) is 13.8 Å². The second-order valence-corrected chi connectivity index (χ2v) is 6.02. The molecule has 21 heavy (non-hydrogen) atoms. The molecule has 0 saturated heterocycles. The molecule has 0 radical (unpaired) electrons. The maximum Gasteiger partial charge on any atom is 0.326 e. The van der Waals surface area contributed by atoms with Crippen LogP contribution in [0, 0.1) is 11.8 Å². The van der Waals surface area contributed by atoms with Crippen LogP contribution >= 0.6 is 0 Å². The van der Waals surface area contributed by atoms with Crippen LogP contribution in [0.25, 0.3) is 0 Å². The Morgan fingerprint density at radius 1 is 1.29 bits per heavy atom. The molecule has 7 heteroatoms. The van der Waals surface area contributed by atoms with E-state index in [2.05, 4.69) is 24.5 Å². The van der Waals surface area contributed by atoms with E-state index in [0.29, 0.717) is 11.8 Å². The number of rotatable bonds is 6. The largest absolute Gasteiger partial charge is 0.480 e. The van der Waals surface area contributed by atoms with Crippen molar-refractivity contribution in [3.63, 3.8) is 0 Å². The van der Waals surface area contributed by atoms with Crippen molar-refractivity contribution < 1.29 is 19.5 Å². The molecule has 0 aromatic heterocycles. The Balaban J connectivity index is 2.46. The fourth-order valence-corrected chi connectivity index (χ4v) is 2.79. The maximum atomic E-state index is 11.9. The molecule has 0 aliphatic heterocycles. The molecule has 0 bridgehead atoms. The van der Waals surface area contributed by atoms with E-state index in [4.69, 9.17) is 10.8 Å². The smallest absolute Gasteiger partial charge is 0.326 e. The van der Waals surface area contributed by atoms with Gasteiger partial charge in [0, 0.05) is 12.5 Å². The monoisotopic (exact) mass is 299 g/mol. The number of nitrogens with one attached hydrogen (secondary N) is 2. The Kier molecular flexibility index (Phi) is 6.45. The minimum Gasteiger partial charge on any atom is -0.480 e. The van der Waals surface area contributed by atoms with Gasteiger partial charge in [-0.3, -0.25) is 4.79 Å². The van der Waals surface area contributed by atoms with Crippen molar-refractivity contribution in [2.75, 3.05) is 0 Å². The summed E-state index contributed by atoms with van der Waals surface area (Å²) in [7, 11) is 0. The average molecular weight is 299 g/mol. The number of primary amides is 1. The molecule has 5 N–H and O–H groups in total. The third-order valence-corrected chi connectivity index (χ3v) is 4.03. The Bertz CT molecular complexity index is 400. The molecular formula is C14H25N3O4. The van der Waals surface area contributed by atoms with E-state index in [-0.39, 0.29) is 18.9 Å². The number of carboxylic acids is 1. The molecule has 1 aliphatic carbocycles. The van der Waals surface area contributed by atoms with Crippen molar-refractivity contribution >= 4 is 17.9 Å². The molecule has 0 spiro atoms. The minimum absolute atomic E-state index is 0.00462. The van der Waals surface area contributed by atoms with Crippen molar-refractivity contribution in [1.82, 2.24) is 10.6 Å². The number of carbonyl (C=O) groups excluding carboxylic acids is 2. The molecule has 4 atom stereocenters. The molecule has 0 aromatic carbocycles. The van der Waals surface area contributed by atoms with E-state index in [1.807, 2.05) is 0 Å². The fraction of sp³-hybridized carbons (Fsp3) is 0.786. The summed E-state index contributed by atoms with van der Waals surface area (Å²) in [5.41, 5.74) is 4.99. The first-order chi connectivity index (χ1) is 9.79. The minimum atomic E-state index is -1.17. The van der Waals surface area contributed by atoms with Crippen molar-refractivity contribution in [1.29, 1.82) is 0 Å². The number of nitrogens with two attached hydrogens (primary N) is 1. The van der Waals surface area contributed by atoms with Gasteiger partial charge in [-0.25, -0.2) is 9.59 Å². The predicted molar refractivity (Wildman–Crippen MR) is 77.5 cm³/mol. The third-order valence-electron chi connectivity index (χ3n) is 4.03. The molecule has 0 aromatic rings. The number of hydrogen-bond acceptors (Lipinski definition) is 3. The quantitative estimate of drug-likeness (QED) is 0.580. The van der Waals surface area contributed by atoms with Crippen LogP contribution in [0.15, 0.2) is 0 Å². The molecule has 120 valence electrons. The van der Waals surface area contributed by atoms with Crippen LogP contribution in [0.5, 0.6) is 0 Å². The van der Waals surface area contributed by atoms with Crippen LogP contribution in [0.3, 0.4) is 0 Å². The van der Waals surface area contributed by atoms with Gasteiger partial charge in [0.2, 0.25) is 5.91 Å². The molecule has 1 rings (SSSR count). The second-order valence-electron chi connectivity index (χ2n) is 6.02. The van der Waals surface area contributed by atoms with Crippen molar-refractivity contribution in [3.05, 3.63) is 0 Å². The Hall–Kier alpha value is -1.79. The van der Waals surface area contributed by atoms with Gasteiger partial charge in [0.25, 0.3) is 0 Å². The zero-order chi connectivity index (χ0) is 16.0. The summed E-state index contributed by atoms with van der Waals surface area (Å²) < 4.78 is 0. The maximum absolute atomic E-state index is 11.9. The van der Waals surface area contributed by atoms with Crippen molar-refractivity contribution in [2.45, 2.75) is 58.0 Å². The lowest BCUT2D eigenvalue weighted by molar-refractivity contribution is -0.139. The summed E-state index contributed by atoms with van der Waals surface area (Å²) in [6, 6.07) is -1.54. The first-order valence-corrected chi connectivity index (χ1v) is 7.37. The molecule has 7 nitrogen and oxygen atoms in total. The van der Waals surface area contributed by atoms with Crippen molar-refractivity contribution in [3.8, 4) is 0 Å². The van der Waals surface area contributed by atoms with Crippen LogP contribution in [-0.4, -0.2) is 35.1 Å². The van der Waals surface area contributed by atoms with E-state index in [1.54, 1.807) is 0 Å². The molecule has 3 amide bonds. The van der Waals surface area contributed by atoms with E-state index < -0.39 is 23.9 Å². The van der Waals surface area contributed by atoms with E-state index in [0.717, 1.165) is 19.3 Å². The number of urea groups is 1. The summed E-state index contributed by atoms with van der Waals surface area (Å²) in [5, 5.41) is 14.3. The van der Waals surface area contributed by atoms with Gasteiger partial charge < -0.3 is 21.5 Å². The van der Waals surface area contributed by atoms with Gasteiger partial charge in [-0.05, 0) is 37.5 Å². The first kappa shape index (κ1) is 17.3. The van der Waals surface area contributed by atoms with Crippen LogP contribution in [0.4, 0.5) is 4.79 Å². The van der Waals surface area contributed by atoms with Crippen LogP contribution in [0.2, 0.25) is 0 Å². The standard InChI is InChI=1S/C14H25N3O4/c1-8-3-4-10(9(2)7-8)16-14(21)17-11(13(19)20)5-6-12(15)18/h8-11H,3-7H2,1-2H3,(H2,15,18)(H,19,20)(H2,16,17,21)/t8?,9?,10?,11-/m0/s1. The molecule has 1 aliphatic rings. The van der Waals surface area contributed by atoms with E-state index in [1.165, 1.54) is 0 Å². The molecule has 1 saturated carbocycles.